The van der Waals surface area contributed by atoms with E-state index in [0.29, 0.717) is 13.1 Å². The molecule has 28 unspecified atom stereocenters. The quantitative estimate of drug-likeness (QED) is 0.0340. The molecule has 86 heavy (non-hydrogen) atoms. The van der Waals surface area contributed by atoms with Crippen molar-refractivity contribution in [3.05, 3.63) is 0 Å². The first-order valence-electron chi connectivity index (χ1n) is 32.2. The van der Waals surface area contributed by atoms with E-state index in [4.69, 9.17) is 95.2 Å². The summed E-state index contributed by atoms with van der Waals surface area (Å²) in [6, 6.07) is -6.41. The largest absolute Gasteiger partial charge is 0.390 e. The van der Waals surface area contributed by atoms with Gasteiger partial charge in [0, 0.05) is 103 Å². The van der Waals surface area contributed by atoms with Gasteiger partial charge >= 0.3 is 0 Å². The molecule has 0 aromatic heterocycles. The van der Waals surface area contributed by atoms with Crippen LogP contribution in [0.3, 0.4) is 0 Å². The van der Waals surface area contributed by atoms with Crippen molar-refractivity contribution in [3.8, 4) is 0 Å². The molecule has 8 fully saturated rings. The van der Waals surface area contributed by atoms with Gasteiger partial charge in [-0.3, -0.25) is 9.80 Å². The zero-order valence-electron chi connectivity index (χ0n) is 50.4. The minimum absolute atomic E-state index is 0.0504. The summed E-state index contributed by atoms with van der Waals surface area (Å²) in [6.45, 7) is 9.63. The van der Waals surface area contributed by atoms with Crippen molar-refractivity contribution in [3.63, 3.8) is 0 Å². The van der Waals surface area contributed by atoms with Crippen molar-refractivity contribution in [2.24, 2.45) is 57.3 Å². The lowest BCUT2D eigenvalue weighted by Gasteiger charge is -2.48. The molecule has 0 spiro atoms. The zero-order chi connectivity index (χ0) is 61.9. The van der Waals surface area contributed by atoms with Crippen LogP contribution in [0.25, 0.3) is 0 Å². The Labute approximate surface area is 506 Å². The molecule has 0 amide bonds. The fourth-order valence-corrected chi connectivity index (χ4v) is 13.8. The van der Waals surface area contributed by atoms with E-state index in [1.165, 1.54) is 51.4 Å². The van der Waals surface area contributed by atoms with Crippen LogP contribution in [-0.2, 0) is 37.9 Å². The van der Waals surface area contributed by atoms with Crippen LogP contribution in [-0.4, -0.2) is 323 Å². The van der Waals surface area contributed by atoms with E-state index < -0.39 is 171 Å². The Balaban J connectivity index is 0.642. The highest BCUT2D eigenvalue weighted by Gasteiger charge is 2.53. The highest BCUT2D eigenvalue weighted by atomic mass is 16.7. The molecule has 6 heterocycles. The summed E-state index contributed by atoms with van der Waals surface area (Å²) in [5, 5.41) is 88.0. The van der Waals surface area contributed by atoms with Crippen LogP contribution in [0.5, 0.6) is 0 Å². The number of nitrogens with zero attached hydrogens (tertiary/aromatic N) is 4. The molecule has 2 saturated carbocycles. The Morgan fingerprint density at radius 1 is 0.314 bits per heavy atom. The predicted molar refractivity (Wildman–Crippen MR) is 315 cm³/mol. The zero-order valence-corrected chi connectivity index (χ0v) is 50.4. The second-order valence-electron chi connectivity index (χ2n) is 26.0. The summed E-state index contributed by atoms with van der Waals surface area (Å²) < 4.78 is 48.6. The van der Waals surface area contributed by atoms with E-state index in [-0.39, 0.29) is 38.8 Å². The van der Waals surface area contributed by atoms with Gasteiger partial charge in [-0.1, -0.05) is 51.4 Å². The minimum atomic E-state index is -1.40. The third-order valence-electron chi connectivity index (χ3n) is 19.5. The van der Waals surface area contributed by atoms with Crippen molar-refractivity contribution < 1.29 is 78.7 Å². The average Bonchev–Trinajstić information content (AvgIpc) is 1.11. The van der Waals surface area contributed by atoms with Crippen molar-refractivity contribution >= 4 is 0 Å². The van der Waals surface area contributed by atoms with E-state index in [0.717, 1.165) is 78.3 Å². The van der Waals surface area contributed by atoms with Gasteiger partial charge in [-0.25, -0.2) is 0 Å². The topological polar surface area (TPSA) is 509 Å². The average molecular weight is 1240 g/mol. The molecule has 0 aromatic rings. The fraction of sp³-hybridized carbons (Fsp3) is 1.00. The van der Waals surface area contributed by atoms with Crippen LogP contribution >= 0.6 is 0 Å². The molecule has 2 aliphatic carbocycles. The molecule has 0 radical (unpaired) electrons. The Hall–Kier alpha value is -1.20. The molecule has 502 valence electrons. The highest BCUT2D eigenvalue weighted by molar-refractivity contribution is 5.04. The number of hydrogen-bond acceptors (Lipinski definition) is 30. The Morgan fingerprint density at radius 3 is 0.907 bits per heavy atom. The third-order valence-corrected chi connectivity index (χ3v) is 19.5. The van der Waals surface area contributed by atoms with Gasteiger partial charge in [0.05, 0.1) is 60.8 Å². The highest BCUT2D eigenvalue weighted by Crippen LogP contribution is 2.34. The van der Waals surface area contributed by atoms with E-state index in [1.807, 2.05) is 0 Å². The minimum Gasteiger partial charge on any atom is -0.390 e. The van der Waals surface area contributed by atoms with Crippen molar-refractivity contribution in [1.29, 1.82) is 0 Å². The van der Waals surface area contributed by atoms with Crippen molar-refractivity contribution in [1.82, 2.24) is 19.6 Å². The van der Waals surface area contributed by atoms with Gasteiger partial charge in [-0.05, 0) is 51.6 Å². The number of ether oxygens (including phenoxy) is 8. The number of aliphatic hydroxyl groups excluding tert-OH is 8. The van der Waals surface area contributed by atoms with Gasteiger partial charge in [0.25, 0.3) is 0 Å². The van der Waals surface area contributed by atoms with Crippen LogP contribution in [0.4, 0.5) is 0 Å². The number of piperazine rings is 2. The van der Waals surface area contributed by atoms with Crippen LogP contribution in [0.15, 0.2) is 0 Å². The summed E-state index contributed by atoms with van der Waals surface area (Å²) in [5.74, 6) is 0. The molecule has 0 bridgehead atoms. The first kappa shape index (κ1) is 70.7. The Morgan fingerprint density at radius 2 is 0.593 bits per heavy atom. The van der Waals surface area contributed by atoms with E-state index in [1.54, 1.807) is 0 Å². The van der Waals surface area contributed by atoms with E-state index >= 15 is 0 Å². The molecule has 28 N–H and O–H groups in total. The van der Waals surface area contributed by atoms with E-state index in [9.17, 15) is 40.9 Å². The number of unbranched alkanes of at least 4 members (excludes halogenated alkanes) is 9. The first-order chi connectivity index (χ1) is 41.1. The van der Waals surface area contributed by atoms with Gasteiger partial charge in [-0.15, -0.1) is 0 Å². The van der Waals surface area contributed by atoms with Crippen LogP contribution in [0.2, 0.25) is 0 Å². The van der Waals surface area contributed by atoms with Crippen LogP contribution in [0.1, 0.15) is 89.9 Å². The third kappa shape index (κ3) is 18.3. The monoisotopic (exact) mass is 1240 g/mol. The summed E-state index contributed by atoms with van der Waals surface area (Å²) in [4.78, 5) is 9.41. The number of aliphatic hydroxyl groups is 8. The maximum atomic E-state index is 11.5. The summed E-state index contributed by atoms with van der Waals surface area (Å²) in [5.41, 5.74) is 62.4. The normalized spacial score (nSPS) is 45.6. The lowest BCUT2D eigenvalue weighted by molar-refractivity contribution is -0.313. The molecule has 6 saturated heterocycles. The van der Waals surface area contributed by atoms with Gasteiger partial charge < -0.3 is 146 Å². The van der Waals surface area contributed by atoms with E-state index in [2.05, 4.69) is 19.6 Å². The number of hydrogen-bond donors (Lipinski definition) is 18. The smallest absolute Gasteiger partial charge is 0.186 e. The first-order valence-corrected chi connectivity index (χ1v) is 32.2. The van der Waals surface area contributed by atoms with Gasteiger partial charge in [-0.2, -0.15) is 0 Å². The second kappa shape index (κ2) is 33.6. The predicted octanol–water partition coefficient (Wildman–Crippen LogP) is -8.43. The van der Waals surface area contributed by atoms with Crippen LogP contribution in [0, 0.1) is 0 Å². The molecule has 8 rings (SSSR count). The Bertz CT molecular complexity index is 1820. The van der Waals surface area contributed by atoms with Gasteiger partial charge in [0.1, 0.15) is 61.0 Å². The SMILES string of the molecule is NCC1OC(OC2C(N)CC(N)C(OC3OC(CN4CCN(CCCCCCCCCCCCN5CCN(CC6OC(OC7C(N)CC(N)C(OC8OC(CN)C(O)CC8N)C7O)C(O)C(N)C6O)CC5)CC4)C(O)C(N)C3O)C2O)C(N)CC1O. The maximum Gasteiger partial charge on any atom is 0.186 e. The summed E-state index contributed by atoms with van der Waals surface area (Å²) in [7, 11) is 0. The molecular weight excluding hydrogens is 1120 g/mol. The fourth-order valence-electron chi connectivity index (χ4n) is 13.8. The standard InChI is InChI=1S/C56H112N14O16/c57-25-37-35(71)23-33(63)53(79-37)83-49-29(59)21-31(61)51(47(49)77)85-55-45(75)41(65)43(73)39(81-55)27-69-17-13-67(14-18-69)11-9-7-5-3-1-2-4-6-8-10-12-68-15-19-70(20-16-68)28-40-44(74)42(66)46(76)56(82-40)86-52-32(62)22-30(60)50(48(52)78)84-54-34(64)24-36(72)38(26-58)80-54/h29-56,71-78H,1-28,57-66H2. The molecule has 30 heteroatoms. The maximum absolute atomic E-state index is 11.5. The molecular formula is C56H112N14O16. The summed E-state index contributed by atoms with van der Waals surface area (Å²) >= 11 is 0. The second-order valence-corrected chi connectivity index (χ2v) is 26.0. The number of nitrogens with two attached hydrogens (primary N) is 10. The lowest BCUT2D eigenvalue weighted by Crippen LogP contribution is -2.68. The van der Waals surface area contributed by atoms with Gasteiger partial charge in [0.15, 0.2) is 25.2 Å². The molecule has 8 aliphatic rings. The molecule has 30 nitrogen and oxygen atoms in total. The molecule has 28 atom stereocenters. The van der Waals surface area contributed by atoms with Crippen molar-refractivity contribution in [2.75, 3.05) is 91.6 Å². The van der Waals surface area contributed by atoms with Crippen molar-refractivity contribution in [2.45, 2.75) is 261 Å². The molecule has 6 aliphatic heterocycles. The van der Waals surface area contributed by atoms with Crippen LogP contribution < -0.4 is 57.3 Å². The van der Waals surface area contributed by atoms with Gasteiger partial charge in [0.2, 0.25) is 0 Å². The lowest BCUT2D eigenvalue weighted by atomic mass is 9.84. The summed E-state index contributed by atoms with van der Waals surface area (Å²) in [6.07, 6.45) is -8.24. The number of rotatable bonds is 27. The molecule has 0 aromatic carbocycles. The Kier molecular flexibility index (Phi) is 27.6.